The Labute approximate surface area is 270 Å². The number of aliphatic imine (C=N–C) groups is 1. The Morgan fingerprint density at radius 3 is 2.17 bits per heavy atom. The molecule has 0 bridgehead atoms. The second-order valence-electron chi connectivity index (χ2n) is 12.0. The van der Waals surface area contributed by atoms with Gasteiger partial charge in [0, 0.05) is 41.6 Å². The summed E-state index contributed by atoms with van der Waals surface area (Å²) in [5.74, 6) is 1.23. The van der Waals surface area contributed by atoms with Crippen LogP contribution in [0.4, 0.5) is 0 Å². The predicted molar refractivity (Wildman–Crippen MR) is 192 cm³/mol. The molecule has 8 rings (SSSR count). The summed E-state index contributed by atoms with van der Waals surface area (Å²) < 4.78 is 0. The first-order valence-corrected chi connectivity index (χ1v) is 16.0. The van der Waals surface area contributed by atoms with Crippen molar-refractivity contribution in [3.63, 3.8) is 0 Å². The SMILES string of the molecule is C1=CN=CC(C2=CCC(c3nc(-c4ccc(-c5cccc6ccccc56)cc4)ncc3-c3cccc(-c4ccccc4)c3)C=C2)C1. The van der Waals surface area contributed by atoms with Crippen molar-refractivity contribution >= 4 is 17.0 Å². The van der Waals surface area contributed by atoms with Crippen molar-refractivity contribution in [1.29, 1.82) is 0 Å². The molecule has 2 atom stereocenters. The number of hydrogen-bond donors (Lipinski definition) is 0. The lowest BCUT2D eigenvalue weighted by molar-refractivity contribution is 0.769. The topological polar surface area (TPSA) is 38.1 Å². The molecule has 220 valence electrons. The van der Waals surface area contributed by atoms with Gasteiger partial charge in [0.2, 0.25) is 0 Å². The van der Waals surface area contributed by atoms with E-state index in [9.17, 15) is 0 Å². The molecule has 0 saturated carbocycles. The molecule has 0 radical (unpaired) electrons. The third kappa shape index (κ3) is 5.52. The molecule has 1 aliphatic heterocycles. The Kier molecular flexibility index (Phi) is 7.49. The maximum Gasteiger partial charge on any atom is 0.159 e. The van der Waals surface area contributed by atoms with Gasteiger partial charge in [-0.1, -0.05) is 140 Å². The van der Waals surface area contributed by atoms with Gasteiger partial charge in [0.05, 0.1) is 5.69 Å². The standard InChI is InChI=1S/C43H33N3/c1-2-9-30(10-3-1)36-13-6-14-37(27-36)41-29-45-43(46-42(41)34-22-18-31(19-23-34)38-15-8-26-44-28-38)35-24-20-33(21-25-35)40-17-7-12-32-11-4-5-16-39(32)40/h1-14,16-22,24-29,34,38H,15,23H2. The van der Waals surface area contributed by atoms with Gasteiger partial charge in [-0.05, 0) is 63.1 Å². The zero-order valence-corrected chi connectivity index (χ0v) is 25.5. The van der Waals surface area contributed by atoms with Gasteiger partial charge in [-0.15, -0.1) is 0 Å². The molecule has 1 aliphatic carbocycles. The Balaban J connectivity index is 1.17. The van der Waals surface area contributed by atoms with Crippen molar-refractivity contribution < 1.29 is 0 Å². The molecule has 3 nitrogen and oxygen atoms in total. The Bertz CT molecular complexity index is 2150. The van der Waals surface area contributed by atoms with Crippen LogP contribution in [0.25, 0.3) is 55.5 Å². The van der Waals surface area contributed by atoms with Crippen LogP contribution in [0.1, 0.15) is 24.5 Å². The molecule has 0 amide bonds. The average molecular weight is 592 g/mol. The smallest absolute Gasteiger partial charge is 0.159 e. The molecule has 0 fully saturated rings. The van der Waals surface area contributed by atoms with E-state index >= 15 is 0 Å². The minimum Gasteiger partial charge on any atom is -0.269 e. The fourth-order valence-corrected chi connectivity index (χ4v) is 6.63. The van der Waals surface area contributed by atoms with E-state index in [2.05, 4.69) is 157 Å². The van der Waals surface area contributed by atoms with Crippen molar-refractivity contribution in [2.75, 3.05) is 0 Å². The van der Waals surface area contributed by atoms with Crippen LogP contribution in [0.5, 0.6) is 0 Å². The summed E-state index contributed by atoms with van der Waals surface area (Å²) in [6.07, 6.45) is 17.0. The van der Waals surface area contributed by atoms with Crippen molar-refractivity contribution in [3.8, 4) is 44.8 Å². The largest absolute Gasteiger partial charge is 0.269 e. The van der Waals surface area contributed by atoms with Crippen LogP contribution in [0.2, 0.25) is 0 Å². The first-order chi connectivity index (χ1) is 22.8. The van der Waals surface area contributed by atoms with E-state index in [1.165, 1.54) is 38.6 Å². The molecule has 2 unspecified atom stereocenters. The summed E-state index contributed by atoms with van der Waals surface area (Å²) in [6.45, 7) is 0. The summed E-state index contributed by atoms with van der Waals surface area (Å²) >= 11 is 0. The fraction of sp³-hybridized carbons (Fsp3) is 0.0930. The van der Waals surface area contributed by atoms with Crippen LogP contribution in [0.15, 0.2) is 169 Å². The van der Waals surface area contributed by atoms with Gasteiger partial charge in [0.25, 0.3) is 0 Å². The van der Waals surface area contributed by atoms with Gasteiger partial charge in [-0.2, -0.15) is 0 Å². The summed E-state index contributed by atoms with van der Waals surface area (Å²) in [6, 6.07) is 43.0. The molecule has 0 N–H and O–H groups in total. The molecule has 2 heterocycles. The van der Waals surface area contributed by atoms with Gasteiger partial charge in [0.1, 0.15) is 0 Å². The highest BCUT2D eigenvalue weighted by molar-refractivity contribution is 5.96. The second-order valence-corrected chi connectivity index (χ2v) is 12.0. The molecular weight excluding hydrogens is 558 g/mol. The van der Waals surface area contributed by atoms with Crippen LogP contribution in [-0.4, -0.2) is 16.2 Å². The highest BCUT2D eigenvalue weighted by Crippen LogP contribution is 2.37. The lowest BCUT2D eigenvalue weighted by Gasteiger charge is -2.22. The zero-order chi connectivity index (χ0) is 30.7. The van der Waals surface area contributed by atoms with Crippen molar-refractivity contribution in [1.82, 2.24) is 9.97 Å². The highest BCUT2D eigenvalue weighted by Gasteiger charge is 2.22. The molecule has 0 spiro atoms. The van der Waals surface area contributed by atoms with Gasteiger partial charge in [-0.3, -0.25) is 4.99 Å². The van der Waals surface area contributed by atoms with E-state index in [0.717, 1.165) is 41.1 Å². The second kappa shape index (κ2) is 12.4. The fourth-order valence-electron chi connectivity index (χ4n) is 6.63. The molecule has 0 saturated heterocycles. The van der Waals surface area contributed by atoms with Crippen molar-refractivity contribution in [2.45, 2.75) is 18.8 Å². The minimum atomic E-state index is 0.145. The summed E-state index contributed by atoms with van der Waals surface area (Å²) in [5, 5.41) is 2.50. The maximum atomic E-state index is 5.31. The lowest BCUT2D eigenvalue weighted by atomic mass is 9.85. The summed E-state index contributed by atoms with van der Waals surface area (Å²) in [4.78, 5) is 14.6. The first-order valence-electron chi connectivity index (χ1n) is 16.0. The van der Waals surface area contributed by atoms with E-state index in [-0.39, 0.29) is 5.92 Å². The van der Waals surface area contributed by atoms with Crippen LogP contribution >= 0.6 is 0 Å². The van der Waals surface area contributed by atoms with E-state index in [1.54, 1.807) is 0 Å². The average Bonchev–Trinajstić information content (AvgIpc) is 3.15. The highest BCUT2D eigenvalue weighted by atomic mass is 14.9. The molecular formula is C43H33N3. The maximum absolute atomic E-state index is 5.31. The number of hydrogen-bond acceptors (Lipinski definition) is 3. The zero-order valence-electron chi connectivity index (χ0n) is 25.5. The number of benzene rings is 5. The Morgan fingerprint density at radius 1 is 0.587 bits per heavy atom. The number of aromatic nitrogens is 2. The molecule has 46 heavy (non-hydrogen) atoms. The van der Waals surface area contributed by atoms with Crippen LogP contribution in [0, 0.1) is 5.92 Å². The van der Waals surface area contributed by atoms with Crippen LogP contribution in [0.3, 0.4) is 0 Å². The van der Waals surface area contributed by atoms with E-state index in [0.29, 0.717) is 5.92 Å². The monoisotopic (exact) mass is 591 g/mol. The lowest BCUT2D eigenvalue weighted by Crippen LogP contribution is -2.11. The van der Waals surface area contributed by atoms with Crippen molar-refractivity contribution in [2.24, 2.45) is 10.9 Å². The minimum absolute atomic E-state index is 0.145. The number of fused-ring (bicyclic) bond motifs is 1. The van der Waals surface area contributed by atoms with E-state index < -0.39 is 0 Å². The summed E-state index contributed by atoms with van der Waals surface area (Å²) in [7, 11) is 0. The van der Waals surface area contributed by atoms with Gasteiger partial charge >= 0.3 is 0 Å². The van der Waals surface area contributed by atoms with Crippen LogP contribution in [-0.2, 0) is 0 Å². The third-order valence-electron chi connectivity index (χ3n) is 9.10. The number of allylic oxidation sites excluding steroid dienone is 5. The Morgan fingerprint density at radius 2 is 1.35 bits per heavy atom. The van der Waals surface area contributed by atoms with Crippen LogP contribution < -0.4 is 0 Å². The van der Waals surface area contributed by atoms with E-state index in [4.69, 9.17) is 9.97 Å². The number of nitrogens with zero attached hydrogens (tertiary/aromatic N) is 3. The molecule has 1 aromatic heterocycles. The normalized spacial score (nSPS) is 17.3. The summed E-state index contributed by atoms with van der Waals surface area (Å²) in [5.41, 5.74) is 10.4. The van der Waals surface area contributed by atoms with Gasteiger partial charge < -0.3 is 0 Å². The molecule has 3 heteroatoms. The molecule has 2 aliphatic rings. The first kappa shape index (κ1) is 27.8. The van der Waals surface area contributed by atoms with Gasteiger partial charge in [0.15, 0.2) is 5.82 Å². The number of rotatable bonds is 6. The Hall–Kier alpha value is -5.67. The third-order valence-corrected chi connectivity index (χ3v) is 9.10. The predicted octanol–water partition coefficient (Wildman–Crippen LogP) is 10.9. The van der Waals surface area contributed by atoms with Gasteiger partial charge in [-0.25, -0.2) is 9.97 Å². The van der Waals surface area contributed by atoms with E-state index in [1.807, 2.05) is 12.4 Å². The van der Waals surface area contributed by atoms with Crippen molar-refractivity contribution in [3.05, 3.63) is 169 Å². The molecule has 5 aromatic carbocycles. The molecule has 6 aromatic rings. The quantitative estimate of drug-likeness (QED) is 0.193.